The first-order valence-corrected chi connectivity index (χ1v) is 6.61. The van der Waals surface area contributed by atoms with Crippen LogP contribution in [-0.4, -0.2) is 6.61 Å². The Morgan fingerprint density at radius 2 is 2.31 bits per heavy atom. The maximum atomic E-state index is 5.50. The van der Waals surface area contributed by atoms with Gasteiger partial charge in [0, 0.05) is 4.47 Å². The molecule has 1 N–H and O–H groups in total. The molecule has 1 aliphatic rings. The highest BCUT2D eigenvalue weighted by molar-refractivity contribution is 9.10. The van der Waals surface area contributed by atoms with Gasteiger partial charge in [-0.15, -0.1) is 0 Å². The maximum absolute atomic E-state index is 5.50. The van der Waals surface area contributed by atoms with Crippen molar-refractivity contribution in [2.24, 2.45) is 5.92 Å². The van der Waals surface area contributed by atoms with Gasteiger partial charge in [0.2, 0.25) is 0 Å². The molecule has 0 amide bonds. The van der Waals surface area contributed by atoms with Crippen molar-refractivity contribution in [2.45, 2.75) is 32.7 Å². The van der Waals surface area contributed by atoms with Gasteiger partial charge in [0.15, 0.2) is 0 Å². The van der Waals surface area contributed by atoms with E-state index in [1.807, 2.05) is 0 Å². The van der Waals surface area contributed by atoms with E-state index < -0.39 is 0 Å². The van der Waals surface area contributed by atoms with Crippen molar-refractivity contribution < 1.29 is 4.84 Å². The Labute approximate surface area is 105 Å². The zero-order valence-electron chi connectivity index (χ0n) is 9.79. The Balaban J connectivity index is 1.95. The van der Waals surface area contributed by atoms with Crippen molar-refractivity contribution in [1.29, 1.82) is 0 Å². The molecule has 1 unspecified atom stereocenters. The van der Waals surface area contributed by atoms with E-state index in [4.69, 9.17) is 4.84 Å². The molecule has 0 bridgehead atoms. The van der Waals surface area contributed by atoms with Gasteiger partial charge in [-0.3, -0.25) is 0 Å². The second kappa shape index (κ2) is 5.30. The molecule has 0 aliphatic heterocycles. The summed E-state index contributed by atoms with van der Waals surface area (Å²) in [7, 11) is 0. The van der Waals surface area contributed by atoms with E-state index in [9.17, 15) is 0 Å². The molecule has 1 aliphatic carbocycles. The molecule has 2 rings (SSSR count). The Morgan fingerprint density at radius 3 is 3.06 bits per heavy atom. The lowest BCUT2D eigenvalue weighted by atomic mass is 10.1. The minimum absolute atomic E-state index is 0.363. The van der Waals surface area contributed by atoms with Crippen LogP contribution in [0.5, 0.6) is 0 Å². The molecule has 2 nitrogen and oxygen atoms in total. The topological polar surface area (TPSA) is 21.3 Å². The predicted molar refractivity (Wildman–Crippen MR) is 69.1 cm³/mol. The highest BCUT2D eigenvalue weighted by Crippen LogP contribution is 2.32. The summed E-state index contributed by atoms with van der Waals surface area (Å²) in [6.07, 6.45) is 2.27. The Bertz CT molecular complexity index is 365. The van der Waals surface area contributed by atoms with Gasteiger partial charge in [0.05, 0.1) is 12.6 Å². The molecule has 1 atom stereocenters. The summed E-state index contributed by atoms with van der Waals surface area (Å²) in [5, 5.41) is 0. The molecule has 88 valence electrons. The third kappa shape index (κ3) is 2.84. The number of fused-ring (bicyclic) bond motifs is 1. The summed E-state index contributed by atoms with van der Waals surface area (Å²) in [5.41, 5.74) is 5.99. The van der Waals surface area contributed by atoms with E-state index >= 15 is 0 Å². The third-order valence-corrected chi connectivity index (χ3v) is 3.32. The average molecular weight is 284 g/mol. The van der Waals surface area contributed by atoms with Crippen LogP contribution in [0.2, 0.25) is 0 Å². The normalized spacial score (nSPS) is 19.1. The van der Waals surface area contributed by atoms with Gasteiger partial charge in [-0.1, -0.05) is 35.8 Å². The number of benzene rings is 1. The summed E-state index contributed by atoms with van der Waals surface area (Å²) in [4.78, 5) is 5.50. The monoisotopic (exact) mass is 283 g/mol. The Kier molecular flexibility index (Phi) is 4.00. The summed E-state index contributed by atoms with van der Waals surface area (Å²) in [6, 6.07) is 6.85. The SMILES string of the molecule is CC(C)CONC1CCc2cc(Br)ccc21. The Hall–Kier alpha value is -0.380. The van der Waals surface area contributed by atoms with Crippen LogP contribution in [0.25, 0.3) is 0 Å². The van der Waals surface area contributed by atoms with Gasteiger partial charge in [-0.2, -0.15) is 5.48 Å². The summed E-state index contributed by atoms with van der Waals surface area (Å²) in [6.45, 7) is 5.07. The Morgan fingerprint density at radius 1 is 1.50 bits per heavy atom. The van der Waals surface area contributed by atoms with Gasteiger partial charge in [0.1, 0.15) is 0 Å². The molecule has 0 saturated carbocycles. The van der Waals surface area contributed by atoms with E-state index in [0.717, 1.165) is 23.9 Å². The fourth-order valence-corrected chi connectivity index (χ4v) is 2.43. The number of rotatable bonds is 4. The molecule has 1 aromatic rings. The van der Waals surface area contributed by atoms with Crippen molar-refractivity contribution in [1.82, 2.24) is 5.48 Å². The van der Waals surface area contributed by atoms with Crippen LogP contribution in [-0.2, 0) is 11.3 Å². The van der Waals surface area contributed by atoms with Gasteiger partial charge in [-0.25, -0.2) is 0 Å². The molecule has 0 saturated heterocycles. The van der Waals surface area contributed by atoms with Crippen molar-refractivity contribution >= 4 is 15.9 Å². The number of nitrogens with one attached hydrogen (secondary N) is 1. The lowest BCUT2D eigenvalue weighted by molar-refractivity contribution is 0.000636. The standard InChI is InChI=1S/C13H18BrNO/c1-9(2)8-16-15-13-6-3-10-7-11(14)4-5-12(10)13/h4-5,7,9,13,15H,3,6,8H2,1-2H3. The van der Waals surface area contributed by atoms with Crippen molar-refractivity contribution in [3.8, 4) is 0 Å². The lowest BCUT2D eigenvalue weighted by Gasteiger charge is -2.15. The fourth-order valence-electron chi connectivity index (χ4n) is 2.02. The molecular weight excluding hydrogens is 266 g/mol. The van der Waals surface area contributed by atoms with Crippen LogP contribution in [0.3, 0.4) is 0 Å². The van der Waals surface area contributed by atoms with Crippen LogP contribution in [0.15, 0.2) is 22.7 Å². The van der Waals surface area contributed by atoms with Gasteiger partial charge < -0.3 is 4.84 Å². The highest BCUT2D eigenvalue weighted by Gasteiger charge is 2.22. The van der Waals surface area contributed by atoms with E-state index in [0.29, 0.717) is 12.0 Å². The second-order valence-corrected chi connectivity index (χ2v) is 5.67. The molecule has 3 heteroatoms. The molecular formula is C13H18BrNO. The first kappa shape index (κ1) is 12.1. The van der Waals surface area contributed by atoms with Gasteiger partial charge >= 0.3 is 0 Å². The molecule has 0 spiro atoms. The minimum atomic E-state index is 0.363. The van der Waals surface area contributed by atoms with Crippen LogP contribution < -0.4 is 5.48 Å². The van der Waals surface area contributed by atoms with Crippen molar-refractivity contribution in [2.75, 3.05) is 6.61 Å². The van der Waals surface area contributed by atoms with E-state index in [1.165, 1.54) is 11.1 Å². The molecule has 0 radical (unpaired) electrons. The van der Waals surface area contributed by atoms with Crippen molar-refractivity contribution in [3.63, 3.8) is 0 Å². The molecule has 16 heavy (non-hydrogen) atoms. The third-order valence-electron chi connectivity index (χ3n) is 2.83. The highest BCUT2D eigenvalue weighted by atomic mass is 79.9. The smallest absolute Gasteiger partial charge is 0.0705 e. The average Bonchev–Trinajstić information content (AvgIpc) is 2.60. The van der Waals surface area contributed by atoms with Crippen LogP contribution in [0.1, 0.15) is 37.4 Å². The van der Waals surface area contributed by atoms with Crippen LogP contribution in [0, 0.1) is 5.92 Å². The molecule has 1 aromatic carbocycles. The number of hydrogen-bond donors (Lipinski definition) is 1. The molecule has 0 fully saturated rings. The number of hydrogen-bond acceptors (Lipinski definition) is 2. The lowest BCUT2D eigenvalue weighted by Crippen LogP contribution is -2.22. The largest absolute Gasteiger partial charge is 0.301 e. The second-order valence-electron chi connectivity index (χ2n) is 4.76. The van der Waals surface area contributed by atoms with Crippen molar-refractivity contribution in [3.05, 3.63) is 33.8 Å². The minimum Gasteiger partial charge on any atom is -0.301 e. The van der Waals surface area contributed by atoms with Gasteiger partial charge in [0.25, 0.3) is 0 Å². The van der Waals surface area contributed by atoms with Gasteiger partial charge in [-0.05, 0) is 42.0 Å². The predicted octanol–water partition coefficient (Wildman–Crippen LogP) is 3.61. The van der Waals surface area contributed by atoms with E-state index in [1.54, 1.807) is 0 Å². The quantitative estimate of drug-likeness (QED) is 0.853. The first-order valence-electron chi connectivity index (χ1n) is 5.82. The van der Waals surface area contributed by atoms with Crippen LogP contribution in [0.4, 0.5) is 0 Å². The van der Waals surface area contributed by atoms with E-state index in [2.05, 4.69) is 53.5 Å². The first-order chi connectivity index (χ1) is 7.66. The summed E-state index contributed by atoms with van der Waals surface area (Å²) < 4.78 is 1.16. The number of hydroxylamine groups is 1. The maximum Gasteiger partial charge on any atom is 0.0705 e. The summed E-state index contributed by atoms with van der Waals surface area (Å²) in [5.74, 6) is 0.568. The molecule has 0 heterocycles. The molecule has 0 aromatic heterocycles. The summed E-state index contributed by atoms with van der Waals surface area (Å²) >= 11 is 3.50. The zero-order chi connectivity index (χ0) is 11.5. The fraction of sp³-hybridized carbons (Fsp3) is 0.538. The number of halogens is 1. The number of aryl methyl sites for hydroxylation is 1. The van der Waals surface area contributed by atoms with Crippen LogP contribution >= 0.6 is 15.9 Å². The van der Waals surface area contributed by atoms with E-state index in [-0.39, 0.29) is 0 Å². The zero-order valence-corrected chi connectivity index (χ0v) is 11.4.